The van der Waals surface area contributed by atoms with Crippen LogP contribution in [0.3, 0.4) is 0 Å². The molecule has 0 aliphatic heterocycles. The molecule has 2 heterocycles. The van der Waals surface area contributed by atoms with Crippen molar-refractivity contribution < 1.29 is 0 Å². The number of hydrogen-bond donors (Lipinski definition) is 1. The molecule has 2 atom stereocenters. The fourth-order valence-corrected chi connectivity index (χ4v) is 8.70. The van der Waals surface area contributed by atoms with Gasteiger partial charge < -0.3 is 10.3 Å². The minimum Gasteiger partial charge on any atom is -0.398 e. The highest BCUT2D eigenvalue weighted by atomic mass is 32.1. The molecule has 2 aliphatic carbocycles. The molecule has 7 aromatic rings. The molecule has 2 N–H and O–H groups in total. The highest BCUT2D eigenvalue weighted by molar-refractivity contribution is 7.19. The van der Waals surface area contributed by atoms with Crippen molar-refractivity contribution in [2.24, 2.45) is 5.92 Å². The number of nitrogen functional groups attached to an aromatic ring is 1. The quantitative estimate of drug-likeness (QED) is 0.166. The van der Waals surface area contributed by atoms with E-state index < -0.39 is 0 Å². The molecule has 0 radical (unpaired) electrons. The first kappa shape index (κ1) is 24.7. The maximum Gasteiger partial charge on any atom is 0.0541 e. The van der Waals surface area contributed by atoms with Crippen LogP contribution in [0.1, 0.15) is 29.2 Å². The monoisotopic (exact) mass is 570 g/mol. The first-order chi connectivity index (χ1) is 21.2. The molecule has 2 aliphatic rings. The van der Waals surface area contributed by atoms with Crippen LogP contribution < -0.4 is 5.73 Å². The summed E-state index contributed by atoms with van der Waals surface area (Å²) in [7, 11) is 0. The van der Waals surface area contributed by atoms with E-state index in [1.807, 2.05) is 11.3 Å². The van der Waals surface area contributed by atoms with Crippen molar-refractivity contribution in [2.45, 2.75) is 18.8 Å². The average molecular weight is 571 g/mol. The molecular formula is C40H30N2S. The second-order valence-electron chi connectivity index (χ2n) is 11.9. The van der Waals surface area contributed by atoms with Crippen LogP contribution in [-0.4, -0.2) is 4.57 Å². The maximum absolute atomic E-state index is 6.80. The Labute approximate surface area is 255 Å². The third-order valence-electron chi connectivity index (χ3n) is 9.43. The van der Waals surface area contributed by atoms with Crippen molar-refractivity contribution in [1.29, 1.82) is 0 Å². The predicted molar refractivity (Wildman–Crippen MR) is 185 cm³/mol. The van der Waals surface area contributed by atoms with Crippen LogP contribution >= 0.6 is 11.3 Å². The van der Waals surface area contributed by atoms with Gasteiger partial charge in [0, 0.05) is 54.5 Å². The number of fused-ring (bicyclic) bond motifs is 8. The van der Waals surface area contributed by atoms with E-state index in [1.165, 1.54) is 67.1 Å². The Morgan fingerprint density at radius 1 is 0.674 bits per heavy atom. The minimum absolute atomic E-state index is 0.547. The zero-order chi connectivity index (χ0) is 28.5. The highest BCUT2D eigenvalue weighted by Crippen LogP contribution is 2.48. The molecular weight excluding hydrogens is 541 g/mol. The van der Waals surface area contributed by atoms with Gasteiger partial charge in [-0.3, -0.25) is 0 Å². The lowest BCUT2D eigenvalue weighted by Crippen LogP contribution is -2.14. The summed E-state index contributed by atoms with van der Waals surface area (Å²) in [6.07, 6.45) is 11.9. The van der Waals surface area contributed by atoms with Crippen LogP contribution in [0, 0.1) is 5.92 Å². The summed E-state index contributed by atoms with van der Waals surface area (Å²) in [5.74, 6) is 1.17. The molecule has 3 heteroatoms. The van der Waals surface area contributed by atoms with E-state index in [0.717, 1.165) is 16.8 Å². The predicted octanol–water partition coefficient (Wildman–Crippen LogP) is 11.0. The van der Waals surface area contributed by atoms with Gasteiger partial charge in [-0.1, -0.05) is 85.0 Å². The smallest absolute Gasteiger partial charge is 0.0541 e. The van der Waals surface area contributed by atoms with E-state index in [1.54, 1.807) is 4.88 Å². The summed E-state index contributed by atoms with van der Waals surface area (Å²) in [6.45, 7) is 0. The Bertz CT molecular complexity index is 2260. The number of hydrogen-bond acceptors (Lipinski definition) is 2. The molecule has 206 valence electrons. The van der Waals surface area contributed by atoms with Gasteiger partial charge in [0.05, 0.1) is 11.0 Å². The van der Waals surface area contributed by atoms with E-state index in [0.29, 0.717) is 11.8 Å². The third-order valence-corrected chi connectivity index (χ3v) is 10.7. The fourth-order valence-electron chi connectivity index (χ4n) is 7.33. The molecule has 5 aromatic carbocycles. The van der Waals surface area contributed by atoms with Gasteiger partial charge >= 0.3 is 0 Å². The van der Waals surface area contributed by atoms with Gasteiger partial charge in [-0.15, -0.1) is 11.3 Å². The summed E-state index contributed by atoms with van der Waals surface area (Å²) in [4.78, 5) is 1.55. The molecule has 0 fully saturated rings. The van der Waals surface area contributed by atoms with E-state index in [9.17, 15) is 0 Å². The normalized spacial score (nSPS) is 17.5. The Kier molecular flexibility index (Phi) is 5.51. The molecule has 2 unspecified atom stereocenters. The second kappa shape index (κ2) is 9.58. The van der Waals surface area contributed by atoms with Crippen LogP contribution in [0.2, 0.25) is 0 Å². The van der Waals surface area contributed by atoms with Crippen LogP contribution in [0.5, 0.6) is 0 Å². The number of aromatic nitrogens is 1. The first-order valence-corrected chi connectivity index (χ1v) is 15.9. The van der Waals surface area contributed by atoms with Gasteiger partial charge in [-0.2, -0.15) is 0 Å². The van der Waals surface area contributed by atoms with E-state index in [-0.39, 0.29) is 0 Å². The molecule has 9 rings (SSSR count). The van der Waals surface area contributed by atoms with Gasteiger partial charge in [0.15, 0.2) is 0 Å². The Morgan fingerprint density at radius 2 is 1.44 bits per heavy atom. The van der Waals surface area contributed by atoms with Crippen molar-refractivity contribution in [3.63, 3.8) is 0 Å². The maximum atomic E-state index is 6.80. The van der Waals surface area contributed by atoms with Gasteiger partial charge in [0.25, 0.3) is 0 Å². The van der Waals surface area contributed by atoms with E-state index in [4.69, 9.17) is 5.73 Å². The van der Waals surface area contributed by atoms with Crippen molar-refractivity contribution in [1.82, 2.24) is 4.57 Å². The number of rotatable bonds is 3. The van der Waals surface area contributed by atoms with E-state index in [2.05, 4.69) is 138 Å². The first-order valence-electron chi connectivity index (χ1n) is 15.1. The summed E-state index contributed by atoms with van der Waals surface area (Å²) in [6, 6.07) is 39.5. The zero-order valence-electron chi connectivity index (χ0n) is 23.7. The average Bonchev–Trinajstić information content (AvgIpc) is 3.60. The number of allylic oxidation sites excluding steroid dienone is 3. The summed E-state index contributed by atoms with van der Waals surface area (Å²) >= 11 is 1.98. The van der Waals surface area contributed by atoms with Gasteiger partial charge in [-0.05, 0) is 83.6 Å². The molecule has 2 aromatic heterocycles. The number of nitrogens with two attached hydrogens (primary N) is 1. The number of nitrogens with zero attached hydrogens (tertiary/aromatic N) is 1. The molecule has 0 saturated carbocycles. The fraction of sp³-hybridized carbons (Fsp3) is 0.100. The molecule has 0 bridgehead atoms. The van der Waals surface area contributed by atoms with Gasteiger partial charge in [0.1, 0.15) is 0 Å². The number of thiophene rings is 1. The standard InChI is InChI=1S/C40H30N2S/c41-36-24-27(26-16-20-38-34(22-26)32-12-6-7-13-37(32)42(38)29-9-2-1-3-10-29)15-18-30(36)28-17-21-39-35(23-28)33-19-14-25-8-4-5-11-31(25)40(33)43-39/h1-4,6-10,12-25,31H,5,11,41H2. The number of para-hydroxylation sites is 2. The minimum atomic E-state index is 0.547. The van der Waals surface area contributed by atoms with Crippen LogP contribution in [0.15, 0.2) is 127 Å². The van der Waals surface area contributed by atoms with Crippen molar-refractivity contribution in [3.05, 3.63) is 138 Å². The largest absolute Gasteiger partial charge is 0.398 e. The van der Waals surface area contributed by atoms with Crippen molar-refractivity contribution in [2.75, 3.05) is 5.73 Å². The summed E-state index contributed by atoms with van der Waals surface area (Å²) < 4.78 is 3.72. The Morgan fingerprint density at radius 3 is 2.35 bits per heavy atom. The lowest BCUT2D eigenvalue weighted by atomic mass is 9.78. The topological polar surface area (TPSA) is 30.9 Å². The van der Waals surface area contributed by atoms with E-state index >= 15 is 0 Å². The molecule has 2 nitrogen and oxygen atoms in total. The molecule has 0 spiro atoms. The van der Waals surface area contributed by atoms with Crippen LogP contribution in [-0.2, 0) is 0 Å². The van der Waals surface area contributed by atoms with Crippen LogP contribution in [0.4, 0.5) is 5.69 Å². The lowest BCUT2D eigenvalue weighted by Gasteiger charge is -2.28. The zero-order valence-corrected chi connectivity index (χ0v) is 24.5. The Hall–Kier alpha value is -4.86. The molecule has 43 heavy (non-hydrogen) atoms. The van der Waals surface area contributed by atoms with Crippen molar-refractivity contribution in [3.8, 4) is 27.9 Å². The summed E-state index contributed by atoms with van der Waals surface area (Å²) in [5, 5.41) is 3.85. The number of benzene rings is 5. The highest BCUT2D eigenvalue weighted by Gasteiger charge is 2.29. The third kappa shape index (κ3) is 3.85. The van der Waals surface area contributed by atoms with Crippen LogP contribution in [0.25, 0.3) is 65.9 Å². The Balaban J connectivity index is 1.12. The second-order valence-corrected chi connectivity index (χ2v) is 12.9. The molecule has 0 saturated heterocycles. The van der Waals surface area contributed by atoms with Gasteiger partial charge in [-0.25, -0.2) is 0 Å². The SMILES string of the molecule is Nc1cc(-c2ccc3c(c2)c2ccccc2n3-c2ccccc2)ccc1-c1ccc2sc3c(c2c1)C=CC1C=CCCC31. The van der Waals surface area contributed by atoms with Crippen molar-refractivity contribution >= 4 is 55.0 Å². The lowest BCUT2D eigenvalue weighted by molar-refractivity contribution is 0.534. The van der Waals surface area contributed by atoms with Gasteiger partial charge in [0.2, 0.25) is 0 Å². The number of anilines is 1. The summed E-state index contributed by atoms with van der Waals surface area (Å²) in [5.41, 5.74) is 17.2. The molecule has 0 amide bonds.